The van der Waals surface area contributed by atoms with E-state index >= 15 is 0 Å². The van der Waals surface area contributed by atoms with Crippen molar-refractivity contribution in [3.8, 4) is 0 Å². The number of benzene rings is 1. The third-order valence-electron chi connectivity index (χ3n) is 3.01. The standard InChI is InChI=1S/C11H8F3IN2O3/c12-11(13,14)10(18)16-2-1-6-4-9(17(19)20)8(15)3-7(6)5-16/h3-4H,1-2,5H2. The van der Waals surface area contributed by atoms with Crippen molar-refractivity contribution in [3.63, 3.8) is 0 Å². The van der Waals surface area contributed by atoms with E-state index in [0.717, 1.165) is 0 Å². The lowest BCUT2D eigenvalue weighted by molar-refractivity contribution is -0.385. The van der Waals surface area contributed by atoms with Crippen molar-refractivity contribution < 1.29 is 22.9 Å². The van der Waals surface area contributed by atoms with Crippen molar-refractivity contribution in [1.29, 1.82) is 0 Å². The predicted molar refractivity (Wildman–Crippen MR) is 71.0 cm³/mol. The lowest BCUT2D eigenvalue weighted by atomic mass is 9.99. The molecule has 0 aromatic heterocycles. The Labute approximate surface area is 125 Å². The van der Waals surface area contributed by atoms with Gasteiger partial charge in [0.15, 0.2) is 0 Å². The van der Waals surface area contributed by atoms with Gasteiger partial charge in [-0.15, -0.1) is 0 Å². The molecule has 1 aliphatic heterocycles. The van der Waals surface area contributed by atoms with Crippen LogP contribution in [0.25, 0.3) is 0 Å². The Morgan fingerprint density at radius 1 is 1.35 bits per heavy atom. The molecule has 1 aromatic carbocycles. The molecule has 0 bridgehead atoms. The van der Waals surface area contributed by atoms with E-state index in [1.54, 1.807) is 22.6 Å². The van der Waals surface area contributed by atoms with Crippen molar-refractivity contribution in [1.82, 2.24) is 4.90 Å². The normalized spacial score (nSPS) is 14.9. The molecule has 20 heavy (non-hydrogen) atoms. The van der Waals surface area contributed by atoms with Gasteiger partial charge in [-0.1, -0.05) is 0 Å². The molecule has 0 spiro atoms. The van der Waals surface area contributed by atoms with Crippen LogP contribution in [0, 0.1) is 13.7 Å². The number of carbonyl (C=O) groups excluding carboxylic acids is 1. The topological polar surface area (TPSA) is 63.5 Å². The molecule has 0 unspecified atom stereocenters. The lowest BCUT2D eigenvalue weighted by Gasteiger charge is -2.29. The van der Waals surface area contributed by atoms with Crippen LogP contribution in [0.5, 0.6) is 0 Å². The molecule has 0 radical (unpaired) electrons. The SMILES string of the molecule is O=C(N1CCc2cc([N+](=O)[O-])c(I)cc2C1)C(F)(F)F. The maximum absolute atomic E-state index is 12.4. The number of hydrogen-bond acceptors (Lipinski definition) is 3. The summed E-state index contributed by atoms with van der Waals surface area (Å²) in [6, 6.07) is 2.83. The number of amides is 1. The molecule has 0 atom stereocenters. The minimum atomic E-state index is -4.90. The molecule has 1 aliphatic rings. The number of nitro groups is 1. The molecule has 5 nitrogen and oxygen atoms in total. The van der Waals surface area contributed by atoms with Gasteiger partial charge in [0.25, 0.3) is 5.69 Å². The van der Waals surface area contributed by atoms with Crippen molar-refractivity contribution in [2.45, 2.75) is 19.1 Å². The Bertz CT molecular complexity index is 589. The van der Waals surface area contributed by atoms with E-state index in [-0.39, 0.29) is 25.2 Å². The Hall–Kier alpha value is -1.39. The summed E-state index contributed by atoms with van der Waals surface area (Å²) >= 11 is 1.75. The summed E-state index contributed by atoms with van der Waals surface area (Å²) in [7, 11) is 0. The molecule has 1 aromatic rings. The maximum atomic E-state index is 12.4. The first kappa shape index (κ1) is 15.0. The largest absolute Gasteiger partial charge is 0.471 e. The Kier molecular flexibility index (Phi) is 3.89. The van der Waals surface area contributed by atoms with Crippen LogP contribution < -0.4 is 0 Å². The molecule has 108 valence electrons. The molecule has 0 saturated carbocycles. The third kappa shape index (κ3) is 2.86. The smallest absolute Gasteiger partial charge is 0.330 e. The Balaban J connectivity index is 2.30. The highest BCUT2D eigenvalue weighted by Crippen LogP contribution is 2.30. The highest BCUT2D eigenvalue weighted by Gasteiger charge is 2.43. The highest BCUT2D eigenvalue weighted by atomic mass is 127. The van der Waals surface area contributed by atoms with Gasteiger partial charge in [-0.2, -0.15) is 13.2 Å². The second-order valence-corrected chi connectivity index (χ2v) is 5.47. The zero-order valence-corrected chi connectivity index (χ0v) is 12.1. The van der Waals surface area contributed by atoms with Crippen LogP contribution in [0.1, 0.15) is 11.1 Å². The molecular formula is C11H8F3IN2O3. The number of nitro benzene ring substituents is 1. The zero-order chi connectivity index (χ0) is 15.1. The average Bonchev–Trinajstić information content (AvgIpc) is 2.34. The van der Waals surface area contributed by atoms with Gasteiger partial charge in [-0.05, 0) is 46.2 Å². The van der Waals surface area contributed by atoms with Crippen LogP contribution in [0.3, 0.4) is 0 Å². The summed E-state index contributed by atoms with van der Waals surface area (Å²) < 4.78 is 37.5. The van der Waals surface area contributed by atoms with Crippen LogP contribution in [0.2, 0.25) is 0 Å². The molecule has 0 saturated heterocycles. The molecule has 0 aliphatic carbocycles. The van der Waals surface area contributed by atoms with E-state index < -0.39 is 17.0 Å². The van der Waals surface area contributed by atoms with Gasteiger partial charge in [0.05, 0.1) is 8.49 Å². The van der Waals surface area contributed by atoms with E-state index in [1.165, 1.54) is 12.1 Å². The quantitative estimate of drug-likeness (QED) is 0.414. The summed E-state index contributed by atoms with van der Waals surface area (Å²) in [4.78, 5) is 22.2. The van der Waals surface area contributed by atoms with Gasteiger partial charge in [0.2, 0.25) is 0 Å². The van der Waals surface area contributed by atoms with Crippen molar-refractivity contribution in [3.05, 3.63) is 36.9 Å². The average molecular weight is 400 g/mol. The fourth-order valence-corrected chi connectivity index (χ4v) is 2.79. The monoisotopic (exact) mass is 400 g/mol. The second-order valence-electron chi connectivity index (χ2n) is 4.30. The summed E-state index contributed by atoms with van der Waals surface area (Å²) in [5.74, 6) is -1.88. The third-order valence-corrected chi connectivity index (χ3v) is 3.87. The Morgan fingerprint density at radius 3 is 2.55 bits per heavy atom. The fourth-order valence-electron chi connectivity index (χ4n) is 2.06. The summed E-state index contributed by atoms with van der Waals surface area (Å²) in [6.45, 7) is -0.273. The summed E-state index contributed by atoms with van der Waals surface area (Å²) in [5, 5.41) is 10.8. The highest BCUT2D eigenvalue weighted by molar-refractivity contribution is 14.1. The minimum absolute atomic E-state index is 0.0695. The van der Waals surface area contributed by atoms with E-state index in [2.05, 4.69) is 0 Å². The Morgan fingerprint density at radius 2 is 2.00 bits per heavy atom. The molecular weight excluding hydrogens is 392 g/mol. The first-order chi connectivity index (χ1) is 9.20. The van der Waals surface area contributed by atoms with Crippen molar-refractivity contribution >= 4 is 34.2 Å². The van der Waals surface area contributed by atoms with E-state index in [4.69, 9.17) is 0 Å². The van der Waals surface area contributed by atoms with Gasteiger partial charge in [-0.25, -0.2) is 0 Å². The number of alkyl halides is 3. The summed E-state index contributed by atoms with van der Waals surface area (Å²) in [5.41, 5.74) is 1.06. The number of hydrogen-bond donors (Lipinski definition) is 0. The van der Waals surface area contributed by atoms with Crippen LogP contribution in [0.4, 0.5) is 18.9 Å². The van der Waals surface area contributed by atoms with Gasteiger partial charge in [-0.3, -0.25) is 14.9 Å². The minimum Gasteiger partial charge on any atom is -0.330 e. The zero-order valence-electron chi connectivity index (χ0n) is 9.91. The van der Waals surface area contributed by atoms with Crippen LogP contribution in [-0.4, -0.2) is 28.5 Å². The van der Waals surface area contributed by atoms with Crippen LogP contribution in [0.15, 0.2) is 12.1 Å². The van der Waals surface area contributed by atoms with Gasteiger partial charge in [0.1, 0.15) is 0 Å². The maximum Gasteiger partial charge on any atom is 0.471 e. The van der Waals surface area contributed by atoms with Crippen molar-refractivity contribution in [2.75, 3.05) is 6.54 Å². The van der Waals surface area contributed by atoms with E-state index in [0.29, 0.717) is 19.6 Å². The van der Waals surface area contributed by atoms with Gasteiger partial charge >= 0.3 is 12.1 Å². The molecule has 1 amide bonds. The van der Waals surface area contributed by atoms with Crippen LogP contribution >= 0.6 is 22.6 Å². The number of carbonyl (C=O) groups is 1. The number of nitrogens with zero attached hydrogens (tertiary/aromatic N) is 2. The predicted octanol–water partition coefficient (Wildman–Crippen LogP) is 2.65. The van der Waals surface area contributed by atoms with E-state index in [1.807, 2.05) is 0 Å². The molecule has 9 heteroatoms. The molecule has 0 N–H and O–H groups in total. The number of rotatable bonds is 1. The van der Waals surface area contributed by atoms with Crippen LogP contribution in [-0.2, 0) is 17.8 Å². The first-order valence-electron chi connectivity index (χ1n) is 5.52. The van der Waals surface area contributed by atoms with E-state index in [9.17, 15) is 28.1 Å². The molecule has 0 fully saturated rings. The molecule has 2 rings (SSSR count). The number of halogens is 4. The fraction of sp³-hybridized carbons (Fsp3) is 0.364. The second kappa shape index (κ2) is 5.19. The lowest BCUT2D eigenvalue weighted by Crippen LogP contribution is -2.43. The summed E-state index contributed by atoms with van der Waals surface area (Å²) in [6.07, 6.45) is -4.72. The number of fused-ring (bicyclic) bond motifs is 1. The first-order valence-corrected chi connectivity index (χ1v) is 6.60. The van der Waals surface area contributed by atoms with Gasteiger partial charge in [0, 0.05) is 19.2 Å². The van der Waals surface area contributed by atoms with Gasteiger partial charge < -0.3 is 4.90 Å². The molecule has 1 heterocycles. The van der Waals surface area contributed by atoms with Crippen molar-refractivity contribution in [2.24, 2.45) is 0 Å².